The van der Waals surface area contributed by atoms with Crippen LogP contribution in [0.1, 0.15) is 22.8 Å². The van der Waals surface area contributed by atoms with Gasteiger partial charge in [-0.2, -0.15) is 0 Å². The fraction of sp³-hybridized carbons (Fsp3) is 0.273. The fourth-order valence-corrected chi connectivity index (χ4v) is 1.57. The maximum absolute atomic E-state index is 11.5. The molecule has 1 amide bonds. The highest BCUT2D eigenvalue weighted by Gasteiger charge is 2.29. The van der Waals surface area contributed by atoms with Crippen LogP contribution in [0.15, 0.2) is 6.07 Å². The van der Waals surface area contributed by atoms with E-state index in [1.165, 1.54) is 13.8 Å². The van der Waals surface area contributed by atoms with E-state index in [4.69, 9.17) is 5.73 Å². The number of hydrogen-bond acceptors (Lipinski definition) is 6. The number of benzene rings is 1. The first kappa shape index (κ1) is 14.4. The summed E-state index contributed by atoms with van der Waals surface area (Å²) in [6, 6.07) is 1.16. The first-order chi connectivity index (χ1) is 8.79. The van der Waals surface area contributed by atoms with Crippen molar-refractivity contribution in [2.75, 3.05) is 18.2 Å². The number of nitrogens with two attached hydrogens (primary N) is 1. The molecule has 19 heavy (non-hydrogen) atoms. The summed E-state index contributed by atoms with van der Waals surface area (Å²) in [6.45, 7) is 2.71. The highest BCUT2D eigenvalue weighted by Crippen LogP contribution is 2.36. The topological polar surface area (TPSA) is 125 Å². The van der Waals surface area contributed by atoms with Crippen molar-refractivity contribution in [2.45, 2.75) is 13.8 Å². The standard InChI is InChI=1S/C11H13N3O5/c1-5-8(12)4-7(11(16)19-3)10(14(17)18)9(5)13-6(2)15/h4H,12H2,1-3H3,(H,13,15). The Bertz CT molecular complexity index is 568. The van der Waals surface area contributed by atoms with Crippen LogP contribution in [0.5, 0.6) is 0 Å². The molecule has 1 rings (SSSR count). The number of esters is 1. The predicted octanol–water partition coefficient (Wildman–Crippen LogP) is 1.23. The van der Waals surface area contributed by atoms with Crippen LogP contribution < -0.4 is 11.1 Å². The molecule has 0 aliphatic heterocycles. The molecule has 0 radical (unpaired) electrons. The average molecular weight is 267 g/mol. The first-order valence-corrected chi connectivity index (χ1v) is 5.23. The summed E-state index contributed by atoms with van der Waals surface area (Å²) in [4.78, 5) is 33.0. The van der Waals surface area contributed by atoms with Crippen molar-refractivity contribution in [2.24, 2.45) is 0 Å². The van der Waals surface area contributed by atoms with Gasteiger partial charge in [0.25, 0.3) is 0 Å². The van der Waals surface area contributed by atoms with E-state index in [9.17, 15) is 19.7 Å². The Balaban J connectivity index is 3.66. The molecule has 1 aromatic carbocycles. The summed E-state index contributed by atoms with van der Waals surface area (Å²) >= 11 is 0. The van der Waals surface area contributed by atoms with Gasteiger partial charge in [0.15, 0.2) is 0 Å². The Morgan fingerprint density at radius 2 is 2.05 bits per heavy atom. The SMILES string of the molecule is COC(=O)c1cc(N)c(C)c(NC(C)=O)c1[N+](=O)[O-]. The van der Waals surface area contributed by atoms with Gasteiger partial charge in [0, 0.05) is 18.2 Å². The van der Waals surface area contributed by atoms with Crippen LogP contribution in [0.3, 0.4) is 0 Å². The molecule has 1 aromatic rings. The van der Waals surface area contributed by atoms with E-state index in [1.54, 1.807) is 0 Å². The third kappa shape index (κ3) is 2.79. The maximum Gasteiger partial charge on any atom is 0.345 e. The van der Waals surface area contributed by atoms with Gasteiger partial charge in [0.1, 0.15) is 11.3 Å². The minimum Gasteiger partial charge on any atom is -0.465 e. The van der Waals surface area contributed by atoms with Gasteiger partial charge in [-0.1, -0.05) is 0 Å². The van der Waals surface area contributed by atoms with Gasteiger partial charge in [0.2, 0.25) is 5.91 Å². The predicted molar refractivity (Wildman–Crippen MR) is 67.9 cm³/mol. The lowest BCUT2D eigenvalue weighted by Crippen LogP contribution is -2.14. The molecule has 0 heterocycles. The van der Waals surface area contributed by atoms with Gasteiger partial charge >= 0.3 is 11.7 Å². The number of carbonyl (C=O) groups is 2. The van der Waals surface area contributed by atoms with Crippen LogP contribution in [0.25, 0.3) is 0 Å². The number of hydrogen-bond donors (Lipinski definition) is 2. The largest absolute Gasteiger partial charge is 0.465 e. The van der Waals surface area contributed by atoms with Crippen molar-refractivity contribution in [1.29, 1.82) is 0 Å². The minimum atomic E-state index is -0.898. The zero-order chi connectivity index (χ0) is 14.7. The smallest absolute Gasteiger partial charge is 0.345 e. The molecule has 0 unspecified atom stereocenters. The van der Waals surface area contributed by atoms with Crippen molar-refractivity contribution in [3.63, 3.8) is 0 Å². The summed E-state index contributed by atoms with van der Waals surface area (Å²) < 4.78 is 4.47. The van der Waals surface area contributed by atoms with Gasteiger partial charge in [-0.15, -0.1) is 0 Å². The first-order valence-electron chi connectivity index (χ1n) is 5.23. The highest BCUT2D eigenvalue weighted by molar-refractivity contribution is 6.02. The molecular weight excluding hydrogens is 254 g/mol. The number of nitrogen functional groups attached to an aromatic ring is 1. The molecule has 0 aliphatic rings. The van der Waals surface area contributed by atoms with Crippen LogP contribution in [0.4, 0.5) is 17.1 Å². The number of methoxy groups -OCH3 is 1. The van der Waals surface area contributed by atoms with Crippen LogP contribution in [0, 0.1) is 17.0 Å². The number of nitrogens with zero attached hydrogens (tertiary/aromatic N) is 1. The molecule has 0 atom stereocenters. The lowest BCUT2D eigenvalue weighted by Gasteiger charge is -2.12. The number of nitrogens with one attached hydrogen (secondary N) is 1. The average Bonchev–Trinajstić information content (AvgIpc) is 2.32. The van der Waals surface area contributed by atoms with E-state index in [1.807, 2.05) is 0 Å². The van der Waals surface area contributed by atoms with E-state index in [-0.39, 0.29) is 16.9 Å². The summed E-state index contributed by atoms with van der Waals surface area (Å²) in [7, 11) is 1.10. The monoisotopic (exact) mass is 267 g/mol. The molecule has 0 fully saturated rings. The number of ether oxygens (including phenoxy) is 1. The molecule has 0 bridgehead atoms. The normalized spacial score (nSPS) is 9.84. The molecule has 8 nitrogen and oxygen atoms in total. The molecule has 0 saturated heterocycles. The molecule has 0 saturated carbocycles. The van der Waals surface area contributed by atoms with Crippen LogP contribution in [0.2, 0.25) is 0 Å². The maximum atomic E-state index is 11.5. The lowest BCUT2D eigenvalue weighted by molar-refractivity contribution is -0.384. The quantitative estimate of drug-likeness (QED) is 0.367. The van der Waals surface area contributed by atoms with Crippen LogP contribution >= 0.6 is 0 Å². The van der Waals surface area contributed by atoms with Gasteiger partial charge in [-0.05, 0) is 13.0 Å². The second-order valence-electron chi connectivity index (χ2n) is 3.79. The van der Waals surface area contributed by atoms with Crippen molar-refractivity contribution in [3.05, 3.63) is 27.3 Å². The van der Waals surface area contributed by atoms with E-state index in [2.05, 4.69) is 10.1 Å². The molecule has 102 valence electrons. The van der Waals surface area contributed by atoms with Crippen molar-refractivity contribution in [1.82, 2.24) is 0 Å². The molecule has 0 spiro atoms. The Morgan fingerprint density at radius 3 is 2.47 bits per heavy atom. The lowest BCUT2D eigenvalue weighted by atomic mass is 10.0. The number of nitro benzene ring substituents is 1. The zero-order valence-corrected chi connectivity index (χ0v) is 10.6. The highest BCUT2D eigenvalue weighted by atomic mass is 16.6. The van der Waals surface area contributed by atoms with Gasteiger partial charge in [-0.3, -0.25) is 14.9 Å². The molecule has 8 heteroatoms. The second-order valence-corrected chi connectivity index (χ2v) is 3.79. The van der Waals surface area contributed by atoms with E-state index in [0.717, 1.165) is 13.2 Å². The summed E-state index contributed by atoms with van der Waals surface area (Å²) in [5, 5.41) is 13.4. The van der Waals surface area contributed by atoms with Gasteiger partial charge in [0.05, 0.1) is 12.0 Å². The number of anilines is 2. The number of nitro groups is 1. The third-order valence-electron chi connectivity index (χ3n) is 2.49. The Hall–Kier alpha value is -2.64. The summed E-state index contributed by atoms with van der Waals surface area (Å²) in [5.41, 5.74) is 5.20. The zero-order valence-electron chi connectivity index (χ0n) is 10.6. The van der Waals surface area contributed by atoms with Crippen LogP contribution in [-0.2, 0) is 9.53 Å². The second kappa shape index (κ2) is 5.34. The molecular formula is C11H13N3O5. The van der Waals surface area contributed by atoms with E-state index in [0.29, 0.717) is 5.56 Å². The number of rotatable bonds is 3. The molecule has 0 aromatic heterocycles. The minimum absolute atomic E-state index is 0.0992. The molecule has 0 aliphatic carbocycles. The van der Waals surface area contributed by atoms with Crippen LogP contribution in [-0.4, -0.2) is 23.9 Å². The Morgan fingerprint density at radius 1 is 1.47 bits per heavy atom. The Kier molecular flexibility index (Phi) is 4.05. The fourth-order valence-electron chi connectivity index (χ4n) is 1.57. The van der Waals surface area contributed by atoms with E-state index < -0.39 is 22.5 Å². The summed E-state index contributed by atoms with van der Waals surface area (Å²) in [5.74, 6) is -1.40. The molecule has 3 N–H and O–H groups in total. The third-order valence-corrected chi connectivity index (χ3v) is 2.49. The number of amides is 1. The van der Waals surface area contributed by atoms with E-state index >= 15 is 0 Å². The van der Waals surface area contributed by atoms with Crippen molar-refractivity contribution in [3.8, 4) is 0 Å². The number of carbonyl (C=O) groups excluding carboxylic acids is 2. The van der Waals surface area contributed by atoms with Gasteiger partial charge < -0.3 is 15.8 Å². The Labute approximate surface area is 108 Å². The van der Waals surface area contributed by atoms with Crippen molar-refractivity contribution < 1.29 is 19.2 Å². The van der Waals surface area contributed by atoms with Crippen molar-refractivity contribution >= 4 is 28.9 Å². The van der Waals surface area contributed by atoms with Gasteiger partial charge in [-0.25, -0.2) is 4.79 Å². The summed E-state index contributed by atoms with van der Waals surface area (Å²) in [6.07, 6.45) is 0.